The number of ether oxygens (including phenoxy) is 1. The summed E-state index contributed by atoms with van der Waals surface area (Å²) in [5, 5.41) is 4.61. The van der Waals surface area contributed by atoms with Crippen LogP contribution in [-0.4, -0.2) is 19.3 Å². The summed E-state index contributed by atoms with van der Waals surface area (Å²) in [6, 6.07) is 5.47. The van der Waals surface area contributed by atoms with Crippen molar-refractivity contribution in [2.75, 3.05) is 18.5 Å². The second-order valence-electron chi connectivity index (χ2n) is 3.99. The number of rotatable bonds is 3. The zero-order chi connectivity index (χ0) is 11.4. The number of nitrogens with one attached hydrogen (secondary N) is 1. The number of hydrogen-bond acceptors (Lipinski definition) is 2. The van der Waals surface area contributed by atoms with Crippen LogP contribution in [0, 0.1) is 0 Å². The van der Waals surface area contributed by atoms with Gasteiger partial charge in [-0.05, 0) is 37.5 Å². The molecule has 1 heterocycles. The van der Waals surface area contributed by atoms with Crippen molar-refractivity contribution < 1.29 is 4.74 Å². The number of hydrogen-bond donors (Lipinski definition) is 1. The lowest BCUT2D eigenvalue weighted by atomic mass is 10.1. The summed E-state index contributed by atoms with van der Waals surface area (Å²) in [7, 11) is 0. The lowest BCUT2D eigenvalue weighted by Gasteiger charge is -2.23. The molecule has 1 atom stereocenters. The summed E-state index contributed by atoms with van der Waals surface area (Å²) in [6.45, 7) is 1.68. The maximum Gasteiger partial charge on any atom is 0.0747 e. The van der Waals surface area contributed by atoms with Crippen LogP contribution in [0.2, 0.25) is 10.0 Å². The zero-order valence-corrected chi connectivity index (χ0v) is 10.5. The van der Waals surface area contributed by atoms with E-state index in [2.05, 4.69) is 5.32 Å². The van der Waals surface area contributed by atoms with Gasteiger partial charge in [-0.2, -0.15) is 0 Å². The lowest BCUT2D eigenvalue weighted by Crippen LogP contribution is -2.27. The first kappa shape index (κ1) is 12.0. The normalized spacial score (nSPS) is 20.8. The largest absolute Gasteiger partial charge is 0.381 e. The molecule has 0 bridgehead atoms. The zero-order valence-electron chi connectivity index (χ0n) is 9.01. The molecule has 88 valence electrons. The van der Waals surface area contributed by atoms with Crippen LogP contribution in [0.15, 0.2) is 18.2 Å². The summed E-state index contributed by atoms with van der Waals surface area (Å²) in [5.74, 6) is 0. The van der Waals surface area contributed by atoms with Gasteiger partial charge < -0.3 is 10.1 Å². The van der Waals surface area contributed by atoms with E-state index < -0.39 is 0 Å². The van der Waals surface area contributed by atoms with Gasteiger partial charge in [0.05, 0.1) is 16.8 Å². The van der Waals surface area contributed by atoms with Crippen molar-refractivity contribution in [1.82, 2.24) is 0 Å². The molecule has 1 unspecified atom stereocenters. The third-order valence-corrected chi connectivity index (χ3v) is 3.27. The Labute approximate surface area is 106 Å². The van der Waals surface area contributed by atoms with Gasteiger partial charge in [-0.1, -0.05) is 23.2 Å². The summed E-state index contributed by atoms with van der Waals surface area (Å²) in [5.41, 5.74) is 0.917. The molecule has 0 aromatic heterocycles. The van der Waals surface area contributed by atoms with Crippen molar-refractivity contribution in [1.29, 1.82) is 0 Å². The Hall–Kier alpha value is -0.440. The van der Waals surface area contributed by atoms with E-state index in [0.29, 0.717) is 16.1 Å². The molecule has 1 aliphatic heterocycles. The standard InChI is InChI=1S/C12H15Cl2NO/c13-9-4-5-12(11(14)7-9)15-8-10-3-1-2-6-16-10/h4-5,7,10,15H,1-3,6,8H2. The molecule has 0 radical (unpaired) electrons. The number of anilines is 1. The van der Waals surface area contributed by atoms with Crippen LogP contribution in [0.3, 0.4) is 0 Å². The second kappa shape index (κ2) is 5.76. The SMILES string of the molecule is Clc1ccc(NCC2CCCCO2)c(Cl)c1. The van der Waals surface area contributed by atoms with Gasteiger partial charge in [0.25, 0.3) is 0 Å². The van der Waals surface area contributed by atoms with Crippen LogP contribution in [0.25, 0.3) is 0 Å². The molecule has 1 aliphatic rings. The van der Waals surface area contributed by atoms with Crippen LogP contribution in [-0.2, 0) is 4.74 Å². The maximum absolute atomic E-state index is 6.06. The molecule has 1 aromatic carbocycles. The highest BCUT2D eigenvalue weighted by Gasteiger charge is 2.13. The molecule has 0 aliphatic carbocycles. The molecule has 1 aromatic rings. The van der Waals surface area contributed by atoms with Gasteiger partial charge in [0.1, 0.15) is 0 Å². The van der Waals surface area contributed by atoms with Crippen LogP contribution in [0.5, 0.6) is 0 Å². The van der Waals surface area contributed by atoms with E-state index in [1.807, 2.05) is 12.1 Å². The Morgan fingerprint density at radius 2 is 2.19 bits per heavy atom. The average Bonchev–Trinajstić information content (AvgIpc) is 2.29. The van der Waals surface area contributed by atoms with Gasteiger partial charge in [-0.3, -0.25) is 0 Å². The Morgan fingerprint density at radius 3 is 2.88 bits per heavy atom. The highest BCUT2D eigenvalue weighted by atomic mass is 35.5. The molecule has 2 rings (SSSR count). The molecule has 4 heteroatoms. The van der Waals surface area contributed by atoms with E-state index in [0.717, 1.165) is 25.3 Å². The Kier molecular flexibility index (Phi) is 4.33. The van der Waals surface area contributed by atoms with Crippen molar-refractivity contribution in [2.24, 2.45) is 0 Å². The Morgan fingerprint density at radius 1 is 1.31 bits per heavy atom. The Balaban J connectivity index is 1.88. The van der Waals surface area contributed by atoms with Crippen molar-refractivity contribution in [3.63, 3.8) is 0 Å². The molecule has 1 N–H and O–H groups in total. The van der Waals surface area contributed by atoms with E-state index >= 15 is 0 Å². The van der Waals surface area contributed by atoms with Crippen LogP contribution >= 0.6 is 23.2 Å². The first-order valence-electron chi connectivity index (χ1n) is 5.56. The first-order chi connectivity index (χ1) is 7.75. The van der Waals surface area contributed by atoms with Gasteiger partial charge >= 0.3 is 0 Å². The fourth-order valence-electron chi connectivity index (χ4n) is 1.83. The van der Waals surface area contributed by atoms with Gasteiger partial charge in [0.15, 0.2) is 0 Å². The molecular formula is C12H15Cl2NO. The summed E-state index contributed by atoms with van der Waals surface area (Å²) in [6.07, 6.45) is 3.86. The molecule has 16 heavy (non-hydrogen) atoms. The number of halogens is 2. The highest BCUT2D eigenvalue weighted by Crippen LogP contribution is 2.25. The van der Waals surface area contributed by atoms with Crippen molar-refractivity contribution >= 4 is 28.9 Å². The topological polar surface area (TPSA) is 21.3 Å². The van der Waals surface area contributed by atoms with E-state index in [9.17, 15) is 0 Å². The van der Waals surface area contributed by atoms with E-state index in [1.165, 1.54) is 12.8 Å². The quantitative estimate of drug-likeness (QED) is 0.887. The smallest absolute Gasteiger partial charge is 0.0747 e. The molecule has 0 spiro atoms. The van der Waals surface area contributed by atoms with Gasteiger partial charge in [-0.15, -0.1) is 0 Å². The summed E-state index contributed by atoms with van der Waals surface area (Å²) < 4.78 is 5.63. The minimum absolute atomic E-state index is 0.306. The minimum atomic E-state index is 0.306. The third kappa shape index (κ3) is 3.27. The Bertz CT molecular complexity index is 351. The van der Waals surface area contributed by atoms with Crippen LogP contribution in [0.4, 0.5) is 5.69 Å². The highest BCUT2D eigenvalue weighted by molar-refractivity contribution is 6.36. The molecule has 2 nitrogen and oxygen atoms in total. The van der Waals surface area contributed by atoms with Crippen molar-refractivity contribution in [3.05, 3.63) is 28.2 Å². The monoisotopic (exact) mass is 259 g/mol. The van der Waals surface area contributed by atoms with Gasteiger partial charge in [0.2, 0.25) is 0 Å². The van der Waals surface area contributed by atoms with Gasteiger partial charge in [-0.25, -0.2) is 0 Å². The van der Waals surface area contributed by atoms with Crippen molar-refractivity contribution in [3.8, 4) is 0 Å². The average molecular weight is 260 g/mol. The van der Waals surface area contributed by atoms with E-state index in [-0.39, 0.29) is 0 Å². The first-order valence-corrected chi connectivity index (χ1v) is 6.32. The molecule has 0 saturated carbocycles. The third-order valence-electron chi connectivity index (χ3n) is 2.73. The predicted octanol–water partition coefficient (Wildman–Crippen LogP) is 3.97. The number of benzene rings is 1. The molecular weight excluding hydrogens is 245 g/mol. The maximum atomic E-state index is 6.06. The summed E-state index contributed by atoms with van der Waals surface area (Å²) >= 11 is 11.9. The summed E-state index contributed by atoms with van der Waals surface area (Å²) in [4.78, 5) is 0. The lowest BCUT2D eigenvalue weighted by molar-refractivity contribution is 0.0247. The van der Waals surface area contributed by atoms with Crippen molar-refractivity contribution in [2.45, 2.75) is 25.4 Å². The second-order valence-corrected chi connectivity index (χ2v) is 4.84. The molecule has 1 saturated heterocycles. The van der Waals surface area contributed by atoms with E-state index in [4.69, 9.17) is 27.9 Å². The predicted molar refractivity (Wildman–Crippen MR) is 68.5 cm³/mol. The van der Waals surface area contributed by atoms with Crippen LogP contribution in [0.1, 0.15) is 19.3 Å². The van der Waals surface area contributed by atoms with E-state index in [1.54, 1.807) is 6.07 Å². The fourth-order valence-corrected chi connectivity index (χ4v) is 2.30. The van der Waals surface area contributed by atoms with Crippen LogP contribution < -0.4 is 5.32 Å². The minimum Gasteiger partial charge on any atom is -0.381 e. The fraction of sp³-hybridized carbons (Fsp3) is 0.500. The molecule has 0 amide bonds. The molecule has 1 fully saturated rings. The van der Waals surface area contributed by atoms with Gasteiger partial charge in [0, 0.05) is 18.2 Å².